The van der Waals surface area contributed by atoms with Crippen LogP contribution in [0.15, 0.2) is 24.8 Å². The number of ether oxygens (including phenoxy) is 2. The third-order valence-electron chi connectivity index (χ3n) is 3.13. The Morgan fingerprint density at radius 3 is 2.68 bits per heavy atom. The summed E-state index contributed by atoms with van der Waals surface area (Å²) < 4.78 is 10.8. The minimum atomic E-state index is -0.162. The Bertz CT molecular complexity index is 469. The highest BCUT2D eigenvalue weighted by atomic mass is 16.6. The Morgan fingerprint density at radius 2 is 2.16 bits per heavy atom. The number of aryl methyl sites for hydroxylation is 2. The number of carbonyl (C=O) groups is 1. The van der Waals surface area contributed by atoms with Gasteiger partial charge in [0.25, 0.3) is 0 Å². The average molecular weight is 261 g/mol. The van der Waals surface area contributed by atoms with E-state index in [2.05, 4.69) is 11.9 Å². The maximum atomic E-state index is 11.2. The van der Waals surface area contributed by atoms with E-state index >= 15 is 0 Å². The van der Waals surface area contributed by atoms with Gasteiger partial charge in [0.05, 0.1) is 6.61 Å². The first-order valence-electron chi connectivity index (χ1n) is 6.35. The molecule has 1 aliphatic rings. The predicted molar refractivity (Wildman–Crippen MR) is 73.2 cm³/mol. The maximum absolute atomic E-state index is 11.2. The second-order valence-electron chi connectivity index (χ2n) is 4.72. The minimum Gasteiger partial charge on any atom is -0.491 e. The van der Waals surface area contributed by atoms with Crippen molar-refractivity contribution in [1.82, 2.24) is 5.32 Å². The lowest BCUT2D eigenvalue weighted by Crippen LogP contribution is -2.21. The molecule has 1 fully saturated rings. The lowest BCUT2D eigenvalue weighted by molar-refractivity contribution is -0.116. The number of rotatable bonds is 6. The smallest absolute Gasteiger partial charge is 0.243 e. The van der Waals surface area contributed by atoms with E-state index in [-0.39, 0.29) is 12.0 Å². The molecule has 1 atom stereocenters. The van der Waals surface area contributed by atoms with Crippen molar-refractivity contribution in [2.45, 2.75) is 26.5 Å². The minimum absolute atomic E-state index is 0.162. The van der Waals surface area contributed by atoms with Crippen LogP contribution in [0, 0.1) is 13.8 Å². The van der Waals surface area contributed by atoms with Crippen LogP contribution in [0.25, 0.3) is 0 Å². The Kier molecular flexibility index (Phi) is 4.22. The van der Waals surface area contributed by atoms with Gasteiger partial charge < -0.3 is 14.8 Å². The second kappa shape index (κ2) is 5.89. The fourth-order valence-electron chi connectivity index (χ4n) is 1.92. The van der Waals surface area contributed by atoms with Gasteiger partial charge in [-0.05, 0) is 48.7 Å². The predicted octanol–water partition coefficient (Wildman–Crippen LogP) is 1.88. The number of epoxide rings is 1. The second-order valence-corrected chi connectivity index (χ2v) is 4.72. The maximum Gasteiger partial charge on any atom is 0.243 e. The lowest BCUT2D eigenvalue weighted by Gasteiger charge is -2.13. The lowest BCUT2D eigenvalue weighted by atomic mass is 10.0. The largest absolute Gasteiger partial charge is 0.491 e. The summed E-state index contributed by atoms with van der Waals surface area (Å²) in [5.74, 6) is 0.689. The third kappa shape index (κ3) is 3.83. The molecule has 1 heterocycles. The molecule has 0 aromatic heterocycles. The highest BCUT2D eigenvalue weighted by Gasteiger charge is 2.23. The van der Waals surface area contributed by atoms with Gasteiger partial charge in [0.15, 0.2) is 0 Å². The van der Waals surface area contributed by atoms with Gasteiger partial charge in [-0.2, -0.15) is 0 Å². The van der Waals surface area contributed by atoms with E-state index < -0.39 is 0 Å². The van der Waals surface area contributed by atoms with Crippen molar-refractivity contribution < 1.29 is 14.3 Å². The van der Waals surface area contributed by atoms with E-state index in [1.165, 1.54) is 6.08 Å². The van der Waals surface area contributed by atoms with Crippen molar-refractivity contribution in [3.8, 4) is 5.75 Å². The molecule has 1 aromatic rings. The Labute approximate surface area is 113 Å². The summed E-state index contributed by atoms with van der Waals surface area (Å²) in [5.41, 5.74) is 3.33. The van der Waals surface area contributed by atoms with Gasteiger partial charge in [-0.1, -0.05) is 6.58 Å². The van der Waals surface area contributed by atoms with Gasteiger partial charge in [0, 0.05) is 6.54 Å². The van der Waals surface area contributed by atoms with Gasteiger partial charge in [-0.15, -0.1) is 0 Å². The van der Waals surface area contributed by atoms with Gasteiger partial charge in [-0.3, -0.25) is 4.79 Å². The van der Waals surface area contributed by atoms with E-state index in [1.807, 2.05) is 26.0 Å². The SMILES string of the molecule is C=CC(=O)NCc1c(C)cc(OCC2CO2)cc1C. The molecule has 0 bridgehead atoms. The van der Waals surface area contributed by atoms with E-state index in [9.17, 15) is 4.79 Å². The van der Waals surface area contributed by atoms with Gasteiger partial charge in [0.2, 0.25) is 5.91 Å². The van der Waals surface area contributed by atoms with Crippen LogP contribution in [-0.2, 0) is 16.1 Å². The highest BCUT2D eigenvalue weighted by molar-refractivity contribution is 5.86. The average Bonchev–Trinajstić information content (AvgIpc) is 3.19. The van der Waals surface area contributed by atoms with Crippen molar-refractivity contribution in [2.24, 2.45) is 0 Å². The molecule has 1 N–H and O–H groups in total. The molecule has 1 amide bonds. The standard InChI is InChI=1S/C15H19NO3/c1-4-15(17)16-7-14-10(2)5-12(6-11(14)3)18-8-13-9-19-13/h4-6,13H,1,7-9H2,2-3H3,(H,16,17). The fourth-order valence-corrected chi connectivity index (χ4v) is 1.92. The number of nitrogens with one attached hydrogen (secondary N) is 1. The normalized spacial score (nSPS) is 16.8. The molecule has 1 saturated heterocycles. The third-order valence-corrected chi connectivity index (χ3v) is 3.13. The fraction of sp³-hybridized carbons (Fsp3) is 0.400. The number of benzene rings is 1. The molecule has 2 rings (SSSR count). The summed E-state index contributed by atoms with van der Waals surface area (Å²) >= 11 is 0. The van der Waals surface area contributed by atoms with Crippen LogP contribution in [0.4, 0.5) is 0 Å². The van der Waals surface area contributed by atoms with Crippen LogP contribution in [0.3, 0.4) is 0 Å². The van der Waals surface area contributed by atoms with Crippen LogP contribution >= 0.6 is 0 Å². The zero-order chi connectivity index (χ0) is 13.8. The molecule has 0 radical (unpaired) electrons. The van der Waals surface area contributed by atoms with Gasteiger partial charge in [0.1, 0.15) is 18.5 Å². The quantitative estimate of drug-likeness (QED) is 0.628. The van der Waals surface area contributed by atoms with Crippen LogP contribution in [0.2, 0.25) is 0 Å². The van der Waals surface area contributed by atoms with Crippen molar-refractivity contribution >= 4 is 5.91 Å². The van der Waals surface area contributed by atoms with E-state index in [0.29, 0.717) is 13.2 Å². The first kappa shape index (κ1) is 13.6. The number of amides is 1. The van der Waals surface area contributed by atoms with Crippen molar-refractivity contribution in [1.29, 1.82) is 0 Å². The zero-order valence-electron chi connectivity index (χ0n) is 11.4. The van der Waals surface area contributed by atoms with Crippen molar-refractivity contribution in [2.75, 3.05) is 13.2 Å². The topological polar surface area (TPSA) is 50.9 Å². The molecule has 102 valence electrons. The first-order valence-corrected chi connectivity index (χ1v) is 6.35. The summed E-state index contributed by atoms with van der Waals surface area (Å²) in [6, 6.07) is 3.98. The molecular formula is C15H19NO3. The molecule has 1 unspecified atom stereocenters. The summed E-state index contributed by atoms with van der Waals surface area (Å²) in [5, 5.41) is 2.79. The number of hydrogen-bond acceptors (Lipinski definition) is 3. The van der Waals surface area contributed by atoms with Gasteiger partial charge >= 0.3 is 0 Å². The molecule has 19 heavy (non-hydrogen) atoms. The molecule has 0 spiro atoms. The molecule has 1 aliphatic heterocycles. The van der Waals surface area contributed by atoms with E-state index in [1.54, 1.807) is 0 Å². The van der Waals surface area contributed by atoms with Crippen LogP contribution in [0.1, 0.15) is 16.7 Å². The summed E-state index contributed by atoms with van der Waals surface area (Å²) in [4.78, 5) is 11.2. The molecule has 4 heteroatoms. The Morgan fingerprint density at radius 1 is 1.53 bits per heavy atom. The molecule has 0 aliphatic carbocycles. The van der Waals surface area contributed by atoms with E-state index in [4.69, 9.17) is 9.47 Å². The highest BCUT2D eigenvalue weighted by Crippen LogP contribution is 2.23. The summed E-state index contributed by atoms with van der Waals surface area (Å²) in [6.07, 6.45) is 1.53. The summed E-state index contributed by atoms with van der Waals surface area (Å²) in [6.45, 7) is 9.37. The van der Waals surface area contributed by atoms with Crippen LogP contribution in [0.5, 0.6) is 5.75 Å². The van der Waals surface area contributed by atoms with E-state index in [0.717, 1.165) is 29.0 Å². The van der Waals surface area contributed by atoms with Gasteiger partial charge in [-0.25, -0.2) is 0 Å². The number of carbonyl (C=O) groups excluding carboxylic acids is 1. The monoisotopic (exact) mass is 261 g/mol. The van der Waals surface area contributed by atoms with Crippen LogP contribution in [-0.4, -0.2) is 25.2 Å². The van der Waals surface area contributed by atoms with Crippen molar-refractivity contribution in [3.05, 3.63) is 41.5 Å². The first-order chi connectivity index (χ1) is 9.10. The Hall–Kier alpha value is -1.81. The molecule has 0 saturated carbocycles. The van der Waals surface area contributed by atoms with Crippen molar-refractivity contribution in [3.63, 3.8) is 0 Å². The van der Waals surface area contributed by atoms with Crippen LogP contribution < -0.4 is 10.1 Å². The molecule has 4 nitrogen and oxygen atoms in total. The molecule has 1 aromatic carbocycles. The molecular weight excluding hydrogens is 242 g/mol. The Balaban J connectivity index is 2.02. The zero-order valence-corrected chi connectivity index (χ0v) is 11.4. The summed E-state index contributed by atoms with van der Waals surface area (Å²) in [7, 11) is 0. The number of hydrogen-bond donors (Lipinski definition) is 1.